The van der Waals surface area contributed by atoms with Gasteiger partial charge in [0.2, 0.25) is 5.91 Å². The Balaban J connectivity index is 2.30. The largest absolute Gasteiger partial charge is 0.383 e. The van der Waals surface area contributed by atoms with Crippen molar-refractivity contribution in [1.29, 1.82) is 0 Å². The minimum atomic E-state index is -0.0817. The van der Waals surface area contributed by atoms with Crippen LogP contribution in [0.15, 0.2) is 0 Å². The number of hydrogen-bond acceptors (Lipinski definition) is 4. The molecule has 5 nitrogen and oxygen atoms in total. The third-order valence-corrected chi connectivity index (χ3v) is 3.21. The lowest BCUT2D eigenvalue weighted by atomic mass is 10.1. The maximum atomic E-state index is 11.8. The molecule has 1 saturated heterocycles. The van der Waals surface area contributed by atoms with E-state index >= 15 is 0 Å². The van der Waals surface area contributed by atoms with E-state index < -0.39 is 0 Å². The summed E-state index contributed by atoms with van der Waals surface area (Å²) in [5.74, 6) is 0.0754. The van der Waals surface area contributed by atoms with E-state index in [9.17, 15) is 4.79 Å². The van der Waals surface area contributed by atoms with Crippen LogP contribution in [0.4, 0.5) is 0 Å². The molecule has 94 valence electrons. The number of rotatable bonds is 6. The minimum absolute atomic E-state index is 0.0754. The summed E-state index contributed by atoms with van der Waals surface area (Å²) in [7, 11) is 3.64. The first-order valence-electron chi connectivity index (χ1n) is 5.86. The molecule has 1 aliphatic rings. The standard InChI is InChI=1S/C11H23N3O2/c1-9(11(15)13-6-7-16-3)14(2)10-4-5-12-8-10/h9-10,12H,4-8H2,1-3H3,(H,13,15). The quantitative estimate of drug-likeness (QED) is 0.599. The summed E-state index contributed by atoms with van der Waals surface area (Å²) in [5.41, 5.74) is 0. The van der Waals surface area contributed by atoms with Crippen molar-refractivity contribution in [3.63, 3.8) is 0 Å². The summed E-state index contributed by atoms with van der Waals surface area (Å²) in [6.07, 6.45) is 1.12. The zero-order valence-electron chi connectivity index (χ0n) is 10.5. The molecule has 2 unspecified atom stereocenters. The SMILES string of the molecule is COCCNC(=O)C(C)N(C)C1CCNC1. The van der Waals surface area contributed by atoms with E-state index in [4.69, 9.17) is 4.74 Å². The molecule has 0 aliphatic carbocycles. The van der Waals surface area contributed by atoms with Crippen molar-refractivity contribution < 1.29 is 9.53 Å². The Labute approximate surface area is 97.5 Å². The second kappa shape index (κ2) is 6.83. The Kier molecular flexibility index (Phi) is 5.73. The first-order chi connectivity index (χ1) is 7.66. The molecule has 1 rings (SSSR count). The third kappa shape index (κ3) is 3.73. The molecular formula is C11H23N3O2. The Morgan fingerprint density at radius 1 is 1.69 bits per heavy atom. The van der Waals surface area contributed by atoms with Crippen molar-refractivity contribution in [2.75, 3.05) is 40.4 Å². The van der Waals surface area contributed by atoms with Crippen LogP contribution in [-0.4, -0.2) is 63.3 Å². The normalized spacial score (nSPS) is 22.4. The van der Waals surface area contributed by atoms with Gasteiger partial charge in [-0.3, -0.25) is 9.69 Å². The fourth-order valence-corrected chi connectivity index (χ4v) is 1.91. The van der Waals surface area contributed by atoms with Crippen LogP contribution in [0.5, 0.6) is 0 Å². The smallest absolute Gasteiger partial charge is 0.237 e. The fraction of sp³-hybridized carbons (Fsp3) is 0.909. The Bertz CT molecular complexity index is 217. The maximum Gasteiger partial charge on any atom is 0.237 e. The average Bonchev–Trinajstić information content (AvgIpc) is 2.80. The first kappa shape index (κ1) is 13.4. The molecule has 0 bridgehead atoms. The lowest BCUT2D eigenvalue weighted by molar-refractivity contribution is -0.126. The molecule has 1 aliphatic heterocycles. The molecule has 0 aromatic carbocycles. The second-order valence-corrected chi connectivity index (χ2v) is 4.27. The monoisotopic (exact) mass is 229 g/mol. The number of hydrogen-bond donors (Lipinski definition) is 2. The van der Waals surface area contributed by atoms with E-state index in [1.54, 1.807) is 7.11 Å². The van der Waals surface area contributed by atoms with Crippen molar-refractivity contribution in [2.24, 2.45) is 0 Å². The van der Waals surface area contributed by atoms with Gasteiger partial charge in [-0.2, -0.15) is 0 Å². The second-order valence-electron chi connectivity index (χ2n) is 4.27. The Morgan fingerprint density at radius 3 is 3.00 bits per heavy atom. The zero-order valence-corrected chi connectivity index (χ0v) is 10.5. The van der Waals surface area contributed by atoms with Crippen LogP contribution in [0.1, 0.15) is 13.3 Å². The molecule has 1 amide bonds. The average molecular weight is 229 g/mol. The van der Waals surface area contributed by atoms with Crippen LogP contribution in [0.2, 0.25) is 0 Å². The number of nitrogens with one attached hydrogen (secondary N) is 2. The van der Waals surface area contributed by atoms with Crippen molar-refractivity contribution in [3.05, 3.63) is 0 Å². The molecule has 0 radical (unpaired) electrons. The van der Waals surface area contributed by atoms with E-state index in [2.05, 4.69) is 15.5 Å². The molecule has 0 aromatic rings. The van der Waals surface area contributed by atoms with Crippen LogP contribution < -0.4 is 10.6 Å². The number of ether oxygens (including phenoxy) is 1. The van der Waals surface area contributed by atoms with Gasteiger partial charge in [0.05, 0.1) is 12.6 Å². The Morgan fingerprint density at radius 2 is 2.44 bits per heavy atom. The van der Waals surface area contributed by atoms with E-state index in [-0.39, 0.29) is 11.9 Å². The third-order valence-electron chi connectivity index (χ3n) is 3.21. The highest BCUT2D eigenvalue weighted by Crippen LogP contribution is 2.09. The van der Waals surface area contributed by atoms with Crippen LogP contribution in [0.3, 0.4) is 0 Å². The van der Waals surface area contributed by atoms with Crippen LogP contribution in [-0.2, 0) is 9.53 Å². The molecule has 1 fully saturated rings. The van der Waals surface area contributed by atoms with Crippen molar-refractivity contribution >= 4 is 5.91 Å². The number of carbonyl (C=O) groups is 1. The molecule has 2 N–H and O–H groups in total. The van der Waals surface area contributed by atoms with Crippen LogP contribution in [0, 0.1) is 0 Å². The van der Waals surface area contributed by atoms with Crippen molar-refractivity contribution in [3.8, 4) is 0 Å². The lowest BCUT2D eigenvalue weighted by Crippen LogP contribution is -2.48. The van der Waals surface area contributed by atoms with Gasteiger partial charge in [0.15, 0.2) is 0 Å². The van der Waals surface area contributed by atoms with E-state index in [0.29, 0.717) is 19.2 Å². The van der Waals surface area contributed by atoms with E-state index in [0.717, 1.165) is 19.5 Å². The molecule has 0 saturated carbocycles. The van der Waals surface area contributed by atoms with E-state index in [1.807, 2.05) is 14.0 Å². The fourth-order valence-electron chi connectivity index (χ4n) is 1.91. The van der Waals surface area contributed by atoms with Gasteiger partial charge in [0.25, 0.3) is 0 Å². The molecule has 1 heterocycles. The zero-order chi connectivity index (χ0) is 12.0. The van der Waals surface area contributed by atoms with Gasteiger partial charge in [0.1, 0.15) is 0 Å². The molecule has 2 atom stereocenters. The van der Waals surface area contributed by atoms with Gasteiger partial charge in [-0.05, 0) is 26.9 Å². The lowest BCUT2D eigenvalue weighted by Gasteiger charge is -2.29. The summed E-state index contributed by atoms with van der Waals surface area (Å²) in [5, 5.41) is 6.17. The summed E-state index contributed by atoms with van der Waals surface area (Å²) >= 11 is 0. The molecule has 16 heavy (non-hydrogen) atoms. The van der Waals surface area contributed by atoms with Gasteiger partial charge >= 0.3 is 0 Å². The van der Waals surface area contributed by atoms with Gasteiger partial charge in [-0.25, -0.2) is 0 Å². The van der Waals surface area contributed by atoms with Gasteiger partial charge in [-0.1, -0.05) is 0 Å². The van der Waals surface area contributed by atoms with Gasteiger partial charge in [0, 0.05) is 26.2 Å². The minimum Gasteiger partial charge on any atom is -0.383 e. The molecule has 0 aromatic heterocycles. The molecule has 0 spiro atoms. The van der Waals surface area contributed by atoms with Crippen LogP contribution in [0.25, 0.3) is 0 Å². The van der Waals surface area contributed by atoms with Crippen molar-refractivity contribution in [2.45, 2.75) is 25.4 Å². The highest BCUT2D eigenvalue weighted by Gasteiger charge is 2.26. The summed E-state index contributed by atoms with van der Waals surface area (Å²) < 4.78 is 4.89. The predicted molar refractivity (Wildman–Crippen MR) is 63.4 cm³/mol. The topological polar surface area (TPSA) is 53.6 Å². The maximum absolute atomic E-state index is 11.8. The van der Waals surface area contributed by atoms with Gasteiger partial charge < -0.3 is 15.4 Å². The Hall–Kier alpha value is -0.650. The summed E-state index contributed by atoms with van der Waals surface area (Å²) in [4.78, 5) is 13.9. The highest BCUT2D eigenvalue weighted by molar-refractivity contribution is 5.81. The number of methoxy groups -OCH3 is 1. The summed E-state index contributed by atoms with van der Waals surface area (Å²) in [6.45, 7) is 5.11. The number of likely N-dealkylation sites (N-methyl/N-ethyl adjacent to an activating group) is 1. The highest BCUT2D eigenvalue weighted by atomic mass is 16.5. The number of amides is 1. The van der Waals surface area contributed by atoms with Gasteiger partial charge in [-0.15, -0.1) is 0 Å². The van der Waals surface area contributed by atoms with Crippen molar-refractivity contribution in [1.82, 2.24) is 15.5 Å². The molecular weight excluding hydrogens is 206 g/mol. The van der Waals surface area contributed by atoms with Crippen LogP contribution >= 0.6 is 0 Å². The van der Waals surface area contributed by atoms with E-state index in [1.165, 1.54) is 0 Å². The number of nitrogens with zero attached hydrogens (tertiary/aromatic N) is 1. The predicted octanol–water partition coefficient (Wildman–Crippen LogP) is -0.569. The molecule has 5 heteroatoms. The summed E-state index contributed by atoms with van der Waals surface area (Å²) in [6, 6.07) is 0.393. The first-order valence-corrected chi connectivity index (χ1v) is 5.86. The number of carbonyl (C=O) groups excluding carboxylic acids is 1.